The number of hydrogen-bond donors (Lipinski definition) is 1. The van der Waals surface area contributed by atoms with Gasteiger partial charge in [-0.25, -0.2) is 4.98 Å². The number of pyridine rings is 1. The molecule has 0 saturated heterocycles. The largest absolute Gasteiger partial charge is 0.382 e. The Hall–Kier alpha value is -3.27. The molecule has 0 amide bonds. The molecule has 0 spiro atoms. The summed E-state index contributed by atoms with van der Waals surface area (Å²) in [5.41, 5.74) is 11.4. The molecule has 2 aromatic carbocycles. The van der Waals surface area contributed by atoms with Crippen molar-refractivity contribution in [1.82, 2.24) is 15.0 Å². The maximum Gasteiger partial charge on any atom is 0.142 e. The Labute approximate surface area is 140 Å². The smallest absolute Gasteiger partial charge is 0.142 e. The molecule has 24 heavy (non-hydrogen) atoms. The third-order valence-corrected chi connectivity index (χ3v) is 3.94. The molecule has 0 atom stereocenters. The van der Waals surface area contributed by atoms with E-state index in [-0.39, 0.29) is 0 Å². The number of anilines is 1. The Morgan fingerprint density at radius 1 is 0.792 bits per heavy atom. The Morgan fingerprint density at radius 2 is 1.62 bits per heavy atom. The minimum Gasteiger partial charge on any atom is -0.382 e. The van der Waals surface area contributed by atoms with Crippen molar-refractivity contribution < 1.29 is 0 Å². The van der Waals surface area contributed by atoms with Crippen molar-refractivity contribution in [2.75, 3.05) is 5.73 Å². The summed E-state index contributed by atoms with van der Waals surface area (Å²) >= 11 is 0. The SMILES string of the molecule is Cc1ccc2cc(-c3ncc(N)nc3-c3ccccc3)ccc2n1. The fourth-order valence-corrected chi connectivity index (χ4v) is 2.79. The molecule has 4 aromatic rings. The van der Waals surface area contributed by atoms with Gasteiger partial charge in [0.15, 0.2) is 0 Å². The molecule has 0 saturated carbocycles. The number of benzene rings is 2. The van der Waals surface area contributed by atoms with Gasteiger partial charge in [0, 0.05) is 22.2 Å². The molecule has 4 nitrogen and oxygen atoms in total. The molecule has 0 fully saturated rings. The lowest BCUT2D eigenvalue weighted by Crippen LogP contribution is -1.98. The fraction of sp³-hybridized carbons (Fsp3) is 0.0500. The highest BCUT2D eigenvalue weighted by Crippen LogP contribution is 2.30. The molecule has 2 aromatic heterocycles. The average molecular weight is 312 g/mol. The Bertz CT molecular complexity index is 1030. The normalized spacial score (nSPS) is 10.9. The summed E-state index contributed by atoms with van der Waals surface area (Å²) in [5.74, 6) is 0.413. The van der Waals surface area contributed by atoms with Crippen LogP contribution in [0.5, 0.6) is 0 Å². The molecule has 0 bridgehead atoms. The van der Waals surface area contributed by atoms with E-state index >= 15 is 0 Å². The van der Waals surface area contributed by atoms with Gasteiger partial charge in [0.1, 0.15) is 5.82 Å². The van der Waals surface area contributed by atoms with E-state index in [4.69, 9.17) is 5.73 Å². The van der Waals surface area contributed by atoms with Crippen LogP contribution in [0, 0.1) is 6.92 Å². The van der Waals surface area contributed by atoms with Gasteiger partial charge in [0.05, 0.1) is 23.1 Å². The molecular weight excluding hydrogens is 296 g/mol. The van der Waals surface area contributed by atoms with Gasteiger partial charge in [0.2, 0.25) is 0 Å². The highest BCUT2D eigenvalue weighted by Gasteiger charge is 2.12. The highest BCUT2D eigenvalue weighted by molar-refractivity contribution is 5.87. The van der Waals surface area contributed by atoms with Crippen molar-refractivity contribution in [3.05, 3.63) is 72.6 Å². The van der Waals surface area contributed by atoms with Crippen LogP contribution in [-0.2, 0) is 0 Å². The minimum atomic E-state index is 0.413. The molecule has 0 aliphatic heterocycles. The van der Waals surface area contributed by atoms with Crippen LogP contribution < -0.4 is 5.73 Å². The van der Waals surface area contributed by atoms with Crippen LogP contribution in [0.25, 0.3) is 33.4 Å². The summed E-state index contributed by atoms with van der Waals surface area (Å²) in [5, 5.41) is 1.08. The van der Waals surface area contributed by atoms with E-state index in [0.29, 0.717) is 5.82 Å². The number of nitrogens with zero attached hydrogens (tertiary/aromatic N) is 3. The van der Waals surface area contributed by atoms with E-state index in [1.165, 1.54) is 0 Å². The second kappa shape index (κ2) is 5.74. The molecule has 2 N–H and O–H groups in total. The van der Waals surface area contributed by atoms with Crippen molar-refractivity contribution in [1.29, 1.82) is 0 Å². The summed E-state index contributed by atoms with van der Waals surface area (Å²) in [4.78, 5) is 13.6. The summed E-state index contributed by atoms with van der Waals surface area (Å²) in [6.07, 6.45) is 1.60. The molecule has 0 radical (unpaired) electrons. The van der Waals surface area contributed by atoms with Gasteiger partial charge in [-0.1, -0.05) is 42.5 Å². The second-order valence-electron chi connectivity index (χ2n) is 5.72. The van der Waals surface area contributed by atoms with Gasteiger partial charge in [0.25, 0.3) is 0 Å². The third kappa shape index (κ3) is 2.58. The van der Waals surface area contributed by atoms with Crippen molar-refractivity contribution in [3.63, 3.8) is 0 Å². The van der Waals surface area contributed by atoms with Crippen LogP contribution in [-0.4, -0.2) is 15.0 Å². The second-order valence-corrected chi connectivity index (χ2v) is 5.72. The van der Waals surface area contributed by atoms with E-state index in [9.17, 15) is 0 Å². The van der Waals surface area contributed by atoms with E-state index < -0.39 is 0 Å². The van der Waals surface area contributed by atoms with Crippen molar-refractivity contribution in [3.8, 4) is 22.5 Å². The van der Waals surface area contributed by atoms with Crippen molar-refractivity contribution in [2.24, 2.45) is 0 Å². The zero-order valence-electron chi connectivity index (χ0n) is 13.3. The summed E-state index contributed by atoms with van der Waals surface area (Å²) in [6.45, 7) is 1.99. The average Bonchev–Trinajstić information content (AvgIpc) is 2.62. The van der Waals surface area contributed by atoms with E-state index in [2.05, 4.69) is 27.1 Å². The summed E-state index contributed by atoms with van der Waals surface area (Å²) in [6, 6.07) is 20.2. The number of rotatable bonds is 2. The molecule has 4 heteroatoms. The minimum absolute atomic E-state index is 0.413. The van der Waals surface area contributed by atoms with E-state index in [0.717, 1.165) is 39.1 Å². The van der Waals surface area contributed by atoms with Crippen molar-refractivity contribution >= 4 is 16.7 Å². The number of nitrogen functional groups attached to an aromatic ring is 1. The number of aromatic nitrogens is 3. The maximum atomic E-state index is 5.87. The van der Waals surface area contributed by atoms with Crippen LogP contribution >= 0.6 is 0 Å². The van der Waals surface area contributed by atoms with Crippen LogP contribution in [0.4, 0.5) is 5.82 Å². The molecule has 116 valence electrons. The highest BCUT2D eigenvalue weighted by atomic mass is 14.9. The summed E-state index contributed by atoms with van der Waals surface area (Å²) in [7, 11) is 0. The van der Waals surface area contributed by atoms with E-state index in [1.54, 1.807) is 6.20 Å². The van der Waals surface area contributed by atoms with Crippen LogP contribution in [0.15, 0.2) is 66.9 Å². The zero-order chi connectivity index (χ0) is 16.5. The predicted molar refractivity (Wildman–Crippen MR) is 97.4 cm³/mol. The quantitative estimate of drug-likeness (QED) is 0.601. The number of hydrogen-bond acceptors (Lipinski definition) is 4. The van der Waals surface area contributed by atoms with Gasteiger partial charge in [-0.05, 0) is 25.1 Å². The van der Waals surface area contributed by atoms with Gasteiger partial charge < -0.3 is 5.73 Å². The first-order valence-electron chi connectivity index (χ1n) is 7.76. The van der Waals surface area contributed by atoms with Crippen LogP contribution in [0.1, 0.15) is 5.69 Å². The van der Waals surface area contributed by atoms with Gasteiger partial charge in [-0.2, -0.15) is 0 Å². The molecule has 0 aliphatic carbocycles. The topological polar surface area (TPSA) is 64.7 Å². The third-order valence-electron chi connectivity index (χ3n) is 3.94. The maximum absolute atomic E-state index is 5.87. The number of nitrogens with two attached hydrogens (primary N) is 1. The Morgan fingerprint density at radius 3 is 2.46 bits per heavy atom. The first-order chi connectivity index (χ1) is 11.7. The van der Waals surface area contributed by atoms with Gasteiger partial charge in [-0.15, -0.1) is 0 Å². The first kappa shape index (κ1) is 14.3. The zero-order valence-corrected chi connectivity index (χ0v) is 13.3. The number of aryl methyl sites for hydroxylation is 1. The Kier molecular flexibility index (Phi) is 3.43. The molecule has 0 unspecified atom stereocenters. The molecule has 2 heterocycles. The lowest BCUT2D eigenvalue weighted by molar-refractivity contribution is 1.22. The lowest BCUT2D eigenvalue weighted by atomic mass is 10.0. The lowest BCUT2D eigenvalue weighted by Gasteiger charge is -2.10. The van der Waals surface area contributed by atoms with Gasteiger partial charge >= 0.3 is 0 Å². The molecule has 0 aliphatic rings. The van der Waals surface area contributed by atoms with Crippen LogP contribution in [0.2, 0.25) is 0 Å². The summed E-state index contributed by atoms with van der Waals surface area (Å²) < 4.78 is 0. The van der Waals surface area contributed by atoms with Gasteiger partial charge in [-0.3, -0.25) is 9.97 Å². The Balaban J connectivity index is 1.92. The number of fused-ring (bicyclic) bond motifs is 1. The van der Waals surface area contributed by atoms with E-state index in [1.807, 2.05) is 55.5 Å². The monoisotopic (exact) mass is 312 g/mol. The molecular formula is C20H16N4. The van der Waals surface area contributed by atoms with Crippen LogP contribution in [0.3, 0.4) is 0 Å². The fourth-order valence-electron chi connectivity index (χ4n) is 2.79. The van der Waals surface area contributed by atoms with Crippen molar-refractivity contribution in [2.45, 2.75) is 6.92 Å². The first-order valence-corrected chi connectivity index (χ1v) is 7.76. The predicted octanol–water partition coefficient (Wildman–Crippen LogP) is 4.25. The molecule has 4 rings (SSSR count). The standard InChI is InChI=1S/C20H16N4/c1-13-7-8-15-11-16(9-10-17(15)23-13)19-20(24-18(21)12-22-19)14-5-3-2-4-6-14/h2-12H,1H3,(H2,21,24).